The maximum absolute atomic E-state index is 14.4. The zero-order valence-corrected chi connectivity index (χ0v) is 18.4. The van der Waals surface area contributed by atoms with Crippen LogP contribution in [0.25, 0.3) is 0 Å². The number of nitrogens with one attached hydrogen (secondary N) is 3. The predicted molar refractivity (Wildman–Crippen MR) is 127 cm³/mol. The average Bonchev–Trinajstić information content (AvgIpc) is 3.19. The lowest BCUT2D eigenvalue weighted by Gasteiger charge is -2.30. The number of guanidine groups is 1. The number of ether oxygens (including phenoxy) is 1. The molecule has 1 aliphatic heterocycles. The van der Waals surface area contributed by atoms with Gasteiger partial charge < -0.3 is 25.8 Å². The third-order valence-electron chi connectivity index (χ3n) is 6.11. The molecule has 1 saturated carbocycles. The van der Waals surface area contributed by atoms with Gasteiger partial charge >= 0.3 is 0 Å². The van der Waals surface area contributed by atoms with Crippen LogP contribution in [0, 0.1) is 5.82 Å². The highest BCUT2D eigenvalue weighted by Gasteiger charge is 2.29. The molecule has 2 aromatic carbocycles. The number of fused-ring (bicyclic) bond motifs is 1. The number of aromatic nitrogens is 2. The molecule has 172 valence electrons. The Morgan fingerprint density at radius 2 is 1.82 bits per heavy atom. The quantitative estimate of drug-likeness (QED) is 0.452. The van der Waals surface area contributed by atoms with Gasteiger partial charge in [0.25, 0.3) is 0 Å². The van der Waals surface area contributed by atoms with E-state index in [0.717, 1.165) is 48.6 Å². The van der Waals surface area contributed by atoms with Gasteiger partial charge in [0.05, 0.1) is 25.4 Å². The second-order valence-corrected chi connectivity index (χ2v) is 8.31. The molecular formula is C24H27FN6O2. The molecule has 1 fully saturated rings. The highest BCUT2D eigenvalue weighted by Crippen LogP contribution is 2.38. The molecule has 1 aromatic heterocycles. The predicted octanol–water partition coefficient (Wildman–Crippen LogP) is 4.64. The summed E-state index contributed by atoms with van der Waals surface area (Å²) in [4.78, 5) is 9.34. The van der Waals surface area contributed by atoms with Crippen LogP contribution in [0.4, 0.5) is 27.5 Å². The second kappa shape index (κ2) is 9.11. The van der Waals surface area contributed by atoms with Crippen molar-refractivity contribution in [3.05, 3.63) is 60.0 Å². The second-order valence-electron chi connectivity index (χ2n) is 8.31. The molecule has 3 aromatic rings. The Hall–Kier alpha value is -3.59. The van der Waals surface area contributed by atoms with Crippen LogP contribution in [0.1, 0.15) is 37.4 Å². The molecule has 9 heteroatoms. The fourth-order valence-electron chi connectivity index (χ4n) is 4.35. The Balaban J connectivity index is 1.43. The number of imidazole rings is 1. The molecule has 2 aliphatic rings. The van der Waals surface area contributed by atoms with Crippen LogP contribution in [0.15, 0.2) is 53.5 Å². The zero-order chi connectivity index (χ0) is 22.8. The van der Waals surface area contributed by atoms with E-state index >= 15 is 0 Å². The maximum Gasteiger partial charge on any atom is 0.209 e. The van der Waals surface area contributed by atoms with Crippen LogP contribution in [-0.4, -0.2) is 33.8 Å². The number of hydrogen-bond donors (Lipinski definition) is 4. The normalized spacial score (nSPS) is 19.8. The first-order valence-corrected chi connectivity index (χ1v) is 11.1. The maximum atomic E-state index is 14.4. The Labute approximate surface area is 191 Å². The van der Waals surface area contributed by atoms with Crippen molar-refractivity contribution in [1.82, 2.24) is 9.55 Å². The van der Waals surface area contributed by atoms with Gasteiger partial charge in [0.15, 0.2) is 0 Å². The van der Waals surface area contributed by atoms with Gasteiger partial charge in [-0.3, -0.25) is 4.57 Å². The summed E-state index contributed by atoms with van der Waals surface area (Å²) in [6.45, 7) is 0.398. The molecule has 0 unspecified atom stereocenters. The van der Waals surface area contributed by atoms with E-state index in [9.17, 15) is 9.50 Å². The summed E-state index contributed by atoms with van der Waals surface area (Å²) in [7, 11) is 1.63. The number of halogens is 1. The molecule has 0 bridgehead atoms. The molecular weight excluding hydrogens is 423 g/mol. The smallest absolute Gasteiger partial charge is 0.209 e. The van der Waals surface area contributed by atoms with Gasteiger partial charge in [0.1, 0.15) is 23.1 Å². The van der Waals surface area contributed by atoms with Gasteiger partial charge in [-0.2, -0.15) is 0 Å². The van der Waals surface area contributed by atoms with Crippen molar-refractivity contribution in [3.63, 3.8) is 0 Å². The van der Waals surface area contributed by atoms with E-state index in [1.54, 1.807) is 25.3 Å². The van der Waals surface area contributed by atoms with Crippen LogP contribution in [0.5, 0.6) is 5.75 Å². The molecule has 8 nitrogen and oxygen atoms in total. The van der Waals surface area contributed by atoms with Gasteiger partial charge in [-0.15, -0.1) is 0 Å². The summed E-state index contributed by atoms with van der Waals surface area (Å²) in [6.07, 6.45) is 2.81. The zero-order valence-electron chi connectivity index (χ0n) is 18.4. The van der Waals surface area contributed by atoms with Crippen molar-refractivity contribution in [2.75, 3.05) is 23.1 Å². The third-order valence-corrected chi connectivity index (χ3v) is 6.11. The number of rotatable bonds is 5. The lowest BCUT2D eigenvalue weighted by Crippen LogP contribution is -2.29. The number of aliphatic imine (C=N–C) groups is 1. The molecule has 2 heterocycles. The Morgan fingerprint density at radius 3 is 2.55 bits per heavy atom. The van der Waals surface area contributed by atoms with Crippen molar-refractivity contribution < 1.29 is 14.2 Å². The molecule has 0 saturated heterocycles. The number of aliphatic hydroxyl groups is 1. The number of nitrogens with zero attached hydrogens (tertiary/aromatic N) is 3. The van der Waals surface area contributed by atoms with Crippen LogP contribution in [-0.2, 0) is 6.54 Å². The first-order chi connectivity index (χ1) is 16.1. The number of aliphatic hydroxyl groups excluding tert-OH is 1. The van der Waals surface area contributed by atoms with Crippen molar-refractivity contribution in [2.24, 2.45) is 4.99 Å². The standard InChI is InChI=1S/C24H27FN6O2/c1-33-18-12-6-15(7-13-18)27-23-26-14-21-22(30-23)31(16-8-10-17(32)11-9-16)24(29-21)28-20-5-3-2-4-19(20)25/h2-7,12-13,16-17,32H,8-11,14H2,1H3,(H,28,29)(H2,26,27,30). The third kappa shape index (κ3) is 4.49. The first-order valence-electron chi connectivity index (χ1n) is 11.1. The summed E-state index contributed by atoms with van der Waals surface area (Å²) in [6, 6.07) is 14.3. The lowest BCUT2D eigenvalue weighted by molar-refractivity contribution is 0.111. The van der Waals surface area contributed by atoms with E-state index in [0.29, 0.717) is 24.1 Å². The molecule has 4 N–H and O–H groups in total. The number of benzene rings is 2. The van der Waals surface area contributed by atoms with Crippen molar-refractivity contribution >= 4 is 29.1 Å². The van der Waals surface area contributed by atoms with Gasteiger partial charge in [-0.25, -0.2) is 14.4 Å². The van der Waals surface area contributed by atoms with Gasteiger partial charge in [-0.05, 0) is 62.1 Å². The van der Waals surface area contributed by atoms with Crippen LogP contribution < -0.4 is 20.7 Å². The van der Waals surface area contributed by atoms with E-state index in [4.69, 9.17) is 9.72 Å². The van der Waals surface area contributed by atoms with E-state index < -0.39 is 0 Å². The van der Waals surface area contributed by atoms with E-state index in [-0.39, 0.29) is 18.0 Å². The topological polar surface area (TPSA) is 95.7 Å². The minimum atomic E-state index is -0.338. The summed E-state index contributed by atoms with van der Waals surface area (Å²) < 4.78 is 21.7. The van der Waals surface area contributed by atoms with Crippen LogP contribution >= 0.6 is 0 Å². The molecule has 33 heavy (non-hydrogen) atoms. The fraction of sp³-hybridized carbons (Fsp3) is 0.333. The highest BCUT2D eigenvalue weighted by molar-refractivity contribution is 6.04. The number of anilines is 4. The molecule has 0 amide bonds. The molecule has 0 spiro atoms. The summed E-state index contributed by atoms with van der Waals surface area (Å²) in [5.41, 5.74) is 2.04. The van der Waals surface area contributed by atoms with Crippen molar-refractivity contribution in [2.45, 2.75) is 44.4 Å². The highest BCUT2D eigenvalue weighted by atomic mass is 19.1. The summed E-state index contributed by atoms with van der Waals surface area (Å²) in [5.74, 6) is 2.46. The average molecular weight is 451 g/mol. The number of para-hydroxylation sites is 1. The van der Waals surface area contributed by atoms with Gasteiger partial charge in [0, 0.05) is 11.7 Å². The lowest BCUT2D eigenvalue weighted by atomic mass is 9.93. The van der Waals surface area contributed by atoms with Crippen LogP contribution in [0.2, 0.25) is 0 Å². The van der Waals surface area contributed by atoms with E-state index in [1.807, 2.05) is 24.3 Å². The molecule has 1 aliphatic carbocycles. The largest absolute Gasteiger partial charge is 0.497 e. The minimum Gasteiger partial charge on any atom is -0.497 e. The van der Waals surface area contributed by atoms with Gasteiger partial charge in [0.2, 0.25) is 11.9 Å². The van der Waals surface area contributed by atoms with Crippen molar-refractivity contribution in [3.8, 4) is 5.75 Å². The molecule has 0 radical (unpaired) electrons. The van der Waals surface area contributed by atoms with E-state index in [2.05, 4.69) is 25.5 Å². The Kier molecular flexibility index (Phi) is 5.87. The monoisotopic (exact) mass is 450 g/mol. The number of methoxy groups -OCH3 is 1. The number of hydrogen-bond acceptors (Lipinski definition) is 7. The summed E-state index contributed by atoms with van der Waals surface area (Å²) >= 11 is 0. The first kappa shape index (κ1) is 21.3. The minimum absolute atomic E-state index is 0.131. The fourth-order valence-corrected chi connectivity index (χ4v) is 4.35. The molecule has 0 atom stereocenters. The Bertz CT molecular complexity index is 1150. The molecule has 5 rings (SSSR count). The Morgan fingerprint density at radius 1 is 1.06 bits per heavy atom. The van der Waals surface area contributed by atoms with Gasteiger partial charge in [-0.1, -0.05) is 12.1 Å². The SMILES string of the molecule is COc1ccc(NC2=NCc3nc(Nc4ccccc4F)n(C4CCC(O)CC4)c3N2)cc1. The summed E-state index contributed by atoms with van der Waals surface area (Å²) in [5, 5.41) is 19.9. The van der Waals surface area contributed by atoms with Crippen LogP contribution in [0.3, 0.4) is 0 Å². The van der Waals surface area contributed by atoms with E-state index in [1.165, 1.54) is 6.07 Å². The van der Waals surface area contributed by atoms with Crippen molar-refractivity contribution in [1.29, 1.82) is 0 Å².